The first-order valence-electron chi connectivity index (χ1n) is 18.8. The van der Waals surface area contributed by atoms with E-state index in [1.165, 1.54) is 49.7 Å². The quantitative estimate of drug-likeness (QED) is 0.173. The molecular weight excluding hydrogens is 667 g/mol. The van der Waals surface area contributed by atoms with Crippen molar-refractivity contribution in [2.45, 2.75) is 19.3 Å². The van der Waals surface area contributed by atoms with E-state index in [-0.39, 0.29) is 5.41 Å². The van der Waals surface area contributed by atoms with Crippen LogP contribution in [0.25, 0.3) is 89.2 Å². The van der Waals surface area contributed by atoms with Gasteiger partial charge in [0, 0.05) is 34.5 Å². The van der Waals surface area contributed by atoms with Gasteiger partial charge in [0.25, 0.3) is 0 Å². The summed E-state index contributed by atoms with van der Waals surface area (Å²) in [5.41, 5.74) is 17.3. The lowest BCUT2D eigenvalue weighted by Gasteiger charge is -2.22. The second kappa shape index (κ2) is 13.2. The van der Waals surface area contributed by atoms with Crippen LogP contribution in [-0.4, -0.2) is 15.0 Å². The van der Waals surface area contributed by atoms with E-state index in [9.17, 15) is 0 Å². The van der Waals surface area contributed by atoms with Gasteiger partial charge in [-0.05, 0) is 96.7 Å². The maximum atomic E-state index is 5.07. The summed E-state index contributed by atoms with van der Waals surface area (Å²) in [5.74, 6) is 0.705. The summed E-state index contributed by atoms with van der Waals surface area (Å²) in [7, 11) is 0. The van der Waals surface area contributed by atoms with Crippen molar-refractivity contribution in [2.24, 2.45) is 0 Å². The Bertz CT molecular complexity index is 2860. The topological polar surface area (TPSA) is 38.7 Å². The molecule has 1 aliphatic rings. The van der Waals surface area contributed by atoms with E-state index >= 15 is 0 Å². The summed E-state index contributed by atoms with van der Waals surface area (Å²) < 4.78 is 0. The molecule has 2 heterocycles. The third-order valence-electron chi connectivity index (χ3n) is 11.2. The van der Waals surface area contributed by atoms with E-state index in [4.69, 9.17) is 9.97 Å². The van der Waals surface area contributed by atoms with Crippen LogP contribution in [0.2, 0.25) is 0 Å². The molecule has 0 saturated carbocycles. The van der Waals surface area contributed by atoms with Crippen LogP contribution in [0.4, 0.5) is 0 Å². The molecule has 0 amide bonds. The Hall–Kier alpha value is -6.97. The van der Waals surface area contributed by atoms with Crippen molar-refractivity contribution in [1.82, 2.24) is 15.0 Å². The molecule has 0 fully saturated rings. The van der Waals surface area contributed by atoms with Crippen molar-refractivity contribution in [3.05, 3.63) is 199 Å². The molecule has 0 aliphatic heterocycles. The van der Waals surface area contributed by atoms with Gasteiger partial charge in [-0.2, -0.15) is 0 Å². The molecule has 0 spiro atoms. The molecule has 0 N–H and O–H groups in total. The largest absolute Gasteiger partial charge is 0.265 e. The van der Waals surface area contributed by atoms with Crippen LogP contribution >= 0.6 is 0 Å². The number of rotatable bonds is 6. The highest BCUT2D eigenvalue weighted by Crippen LogP contribution is 2.52. The van der Waals surface area contributed by atoms with Crippen molar-refractivity contribution < 1.29 is 0 Å². The van der Waals surface area contributed by atoms with Crippen LogP contribution in [0.3, 0.4) is 0 Å². The van der Waals surface area contributed by atoms with Crippen LogP contribution in [0.5, 0.6) is 0 Å². The Balaban J connectivity index is 0.976. The molecule has 9 aromatic rings. The summed E-state index contributed by atoms with van der Waals surface area (Å²) in [6.07, 6.45) is 3.65. The van der Waals surface area contributed by atoms with Gasteiger partial charge in [-0.15, -0.1) is 0 Å². The molecule has 1 aliphatic carbocycles. The average Bonchev–Trinajstić information content (AvgIpc) is 3.49. The monoisotopic (exact) mass is 703 g/mol. The standard InChI is InChI=1S/C52H37N3/c1-52(2)46-26-24-37-9-6-7-14-44(37)50(46)45-25-23-43(32-47(45)52)42-13-8-12-41(31-42)35-17-21-39(22-18-35)49-33-48(54-51(55-49)40-10-4-3-5-11-40)38-19-15-34(16-20-38)36-27-29-53-30-28-36/h3-33H,1-2H3. The number of nitrogens with zero attached hydrogens (tertiary/aromatic N) is 3. The summed E-state index contributed by atoms with van der Waals surface area (Å²) >= 11 is 0. The van der Waals surface area contributed by atoms with E-state index < -0.39 is 0 Å². The molecule has 0 radical (unpaired) electrons. The zero-order valence-electron chi connectivity index (χ0n) is 30.7. The van der Waals surface area contributed by atoms with Crippen molar-refractivity contribution in [2.75, 3.05) is 0 Å². The van der Waals surface area contributed by atoms with Crippen LogP contribution in [-0.2, 0) is 5.41 Å². The van der Waals surface area contributed by atoms with Gasteiger partial charge < -0.3 is 0 Å². The first kappa shape index (κ1) is 32.7. The van der Waals surface area contributed by atoms with Crippen molar-refractivity contribution >= 4 is 10.8 Å². The smallest absolute Gasteiger partial charge is 0.160 e. The minimum atomic E-state index is -0.0804. The van der Waals surface area contributed by atoms with Gasteiger partial charge in [0.15, 0.2) is 5.82 Å². The molecule has 3 heteroatoms. The predicted octanol–water partition coefficient (Wildman–Crippen LogP) is 13.3. The first-order chi connectivity index (χ1) is 27.0. The number of hydrogen-bond donors (Lipinski definition) is 0. The second-order valence-corrected chi connectivity index (χ2v) is 14.9. The molecule has 2 aromatic heterocycles. The van der Waals surface area contributed by atoms with E-state index in [0.29, 0.717) is 5.82 Å². The lowest BCUT2D eigenvalue weighted by Crippen LogP contribution is -2.15. The van der Waals surface area contributed by atoms with Crippen molar-refractivity contribution in [1.29, 1.82) is 0 Å². The minimum absolute atomic E-state index is 0.0804. The third-order valence-corrected chi connectivity index (χ3v) is 11.2. The SMILES string of the molecule is CC1(C)c2cc(-c3cccc(-c4ccc(-c5cc(-c6ccc(-c7ccncc7)cc6)nc(-c6ccccc6)n5)cc4)c3)ccc2-c2c1ccc1ccccc21. The second-order valence-electron chi connectivity index (χ2n) is 14.9. The van der Waals surface area contributed by atoms with Crippen molar-refractivity contribution in [3.8, 4) is 78.4 Å². The fourth-order valence-corrected chi connectivity index (χ4v) is 8.24. The molecule has 7 aromatic carbocycles. The van der Waals surface area contributed by atoms with Crippen LogP contribution in [0.1, 0.15) is 25.0 Å². The lowest BCUT2D eigenvalue weighted by molar-refractivity contribution is 0.661. The lowest BCUT2D eigenvalue weighted by atomic mass is 9.81. The molecule has 0 atom stereocenters. The van der Waals surface area contributed by atoms with Crippen LogP contribution in [0.15, 0.2) is 188 Å². The Morgan fingerprint density at radius 2 is 0.927 bits per heavy atom. The summed E-state index contributed by atoms with van der Waals surface area (Å²) in [6, 6.07) is 63.0. The fourth-order valence-electron chi connectivity index (χ4n) is 8.24. The van der Waals surface area contributed by atoms with Crippen LogP contribution in [0, 0.1) is 0 Å². The Morgan fingerprint density at radius 1 is 0.382 bits per heavy atom. The van der Waals surface area contributed by atoms with Gasteiger partial charge in [-0.3, -0.25) is 4.98 Å². The Morgan fingerprint density at radius 3 is 1.64 bits per heavy atom. The van der Waals surface area contributed by atoms with Gasteiger partial charge >= 0.3 is 0 Å². The molecule has 0 unspecified atom stereocenters. The molecule has 3 nitrogen and oxygen atoms in total. The summed E-state index contributed by atoms with van der Waals surface area (Å²) in [4.78, 5) is 14.3. The maximum Gasteiger partial charge on any atom is 0.160 e. The van der Waals surface area contributed by atoms with E-state index in [0.717, 1.165) is 44.8 Å². The van der Waals surface area contributed by atoms with E-state index in [1.54, 1.807) is 0 Å². The number of aromatic nitrogens is 3. The van der Waals surface area contributed by atoms with Crippen molar-refractivity contribution in [3.63, 3.8) is 0 Å². The van der Waals surface area contributed by atoms with Gasteiger partial charge in [0.2, 0.25) is 0 Å². The average molecular weight is 704 g/mol. The highest BCUT2D eigenvalue weighted by molar-refractivity contribution is 6.02. The zero-order valence-corrected chi connectivity index (χ0v) is 30.7. The summed E-state index contributed by atoms with van der Waals surface area (Å²) in [6.45, 7) is 4.72. The normalized spacial score (nSPS) is 12.7. The summed E-state index contributed by atoms with van der Waals surface area (Å²) in [5, 5.41) is 2.62. The zero-order chi connectivity index (χ0) is 36.9. The molecule has 10 rings (SSSR count). The fraction of sp³-hybridized carbons (Fsp3) is 0.0577. The van der Waals surface area contributed by atoms with E-state index in [1.807, 2.05) is 42.7 Å². The predicted molar refractivity (Wildman–Crippen MR) is 228 cm³/mol. The Labute approximate surface area is 321 Å². The number of hydrogen-bond acceptors (Lipinski definition) is 3. The minimum Gasteiger partial charge on any atom is -0.265 e. The third kappa shape index (κ3) is 5.82. The van der Waals surface area contributed by atoms with Gasteiger partial charge in [-0.25, -0.2) is 9.97 Å². The van der Waals surface area contributed by atoms with Crippen LogP contribution < -0.4 is 0 Å². The van der Waals surface area contributed by atoms with E-state index in [2.05, 4.69) is 164 Å². The number of benzene rings is 7. The Kier molecular flexibility index (Phi) is 7.81. The highest BCUT2D eigenvalue weighted by Gasteiger charge is 2.36. The van der Waals surface area contributed by atoms with Gasteiger partial charge in [0.05, 0.1) is 11.4 Å². The highest BCUT2D eigenvalue weighted by atomic mass is 14.9. The number of fused-ring (bicyclic) bond motifs is 5. The molecule has 55 heavy (non-hydrogen) atoms. The maximum absolute atomic E-state index is 5.07. The molecule has 0 bridgehead atoms. The number of pyridine rings is 1. The molecule has 260 valence electrons. The van der Waals surface area contributed by atoms with Gasteiger partial charge in [0.1, 0.15) is 0 Å². The van der Waals surface area contributed by atoms with Gasteiger partial charge in [-0.1, -0.05) is 159 Å². The molecule has 0 saturated heterocycles. The molecular formula is C52H37N3. The first-order valence-corrected chi connectivity index (χ1v) is 18.8.